The average molecular weight is 379 g/mol. The van der Waals surface area contributed by atoms with Gasteiger partial charge in [0.2, 0.25) is 11.8 Å². The Morgan fingerprint density at radius 2 is 1.92 bits per heavy atom. The van der Waals surface area contributed by atoms with Crippen molar-refractivity contribution in [3.05, 3.63) is 35.9 Å². The Labute approximate surface area is 157 Å². The highest BCUT2D eigenvalue weighted by atomic mass is 35.5. The number of aromatic hydroxyl groups is 1. The number of hydrogen-bond donors (Lipinski definition) is 2. The topological polar surface area (TPSA) is 76.1 Å². The molecular formula is C18H23ClN4O3. The van der Waals surface area contributed by atoms with Gasteiger partial charge in [0.15, 0.2) is 0 Å². The van der Waals surface area contributed by atoms with Gasteiger partial charge in [0.05, 0.1) is 12.2 Å². The third kappa shape index (κ3) is 4.11. The lowest BCUT2D eigenvalue weighted by molar-refractivity contribution is -0.135. The van der Waals surface area contributed by atoms with Crippen molar-refractivity contribution in [1.82, 2.24) is 14.7 Å². The minimum absolute atomic E-state index is 0.0129. The molecule has 2 aliphatic rings. The summed E-state index contributed by atoms with van der Waals surface area (Å²) in [5, 5.41) is 13.2. The lowest BCUT2D eigenvalue weighted by atomic mass is 10.1. The molecule has 0 saturated carbocycles. The Morgan fingerprint density at radius 1 is 1.23 bits per heavy atom. The number of amides is 2. The van der Waals surface area contributed by atoms with Crippen LogP contribution in [0.1, 0.15) is 0 Å². The van der Waals surface area contributed by atoms with Gasteiger partial charge in [-0.3, -0.25) is 14.5 Å². The molecule has 3 rings (SSSR count). The van der Waals surface area contributed by atoms with Crippen LogP contribution in [0.25, 0.3) is 0 Å². The lowest BCUT2D eigenvalue weighted by Crippen LogP contribution is -2.64. The first-order chi connectivity index (χ1) is 12.5. The van der Waals surface area contributed by atoms with Gasteiger partial charge in [0, 0.05) is 50.3 Å². The van der Waals surface area contributed by atoms with Crippen LogP contribution in [0.2, 0.25) is 5.02 Å². The van der Waals surface area contributed by atoms with Crippen LogP contribution in [0.3, 0.4) is 0 Å². The number of nitrogens with one attached hydrogen (secondary N) is 1. The number of phenolic OH excluding ortho intramolecular Hbond substituents is 1. The molecule has 1 aromatic rings. The number of likely N-dealkylation sites (tertiary alicyclic amines) is 1. The maximum atomic E-state index is 12.4. The van der Waals surface area contributed by atoms with Gasteiger partial charge >= 0.3 is 0 Å². The number of nitrogens with zero attached hydrogens (tertiary/aromatic N) is 3. The number of rotatable bonds is 5. The first-order valence-corrected chi connectivity index (χ1v) is 9.01. The number of halogens is 1. The molecule has 2 aliphatic heterocycles. The molecule has 7 nitrogen and oxygen atoms in total. The molecule has 2 fully saturated rings. The van der Waals surface area contributed by atoms with Crippen molar-refractivity contribution in [1.29, 1.82) is 0 Å². The highest BCUT2D eigenvalue weighted by Gasteiger charge is 2.35. The van der Waals surface area contributed by atoms with E-state index in [0.717, 1.165) is 26.2 Å². The molecule has 0 bridgehead atoms. The van der Waals surface area contributed by atoms with Gasteiger partial charge in [-0.25, -0.2) is 0 Å². The van der Waals surface area contributed by atoms with E-state index >= 15 is 0 Å². The largest absolute Gasteiger partial charge is 0.506 e. The predicted molar refractivity (Wildman–Crippen MR) is 100 cm³/mol. The lowest BCUT2D eigenvalue weighted by Gasteiger charge is -2.47. The van der Waals surface area contributed by atoms with E-state index in [1.165, 1.54) is 12.1 Å². The van der Waals surface area contributed by atoms with Crippen LogP contribution in [0.5, 0.6) is 5.75 Å². The summed E-state index contributed by atoms with van der Waals surface area (Å²) in [6.07, 6.45) is 1.34. The van der Waals surface area contributed by atoms with E-state index in [2.05, 4.69) is 16.8 Å². The van der Waals surface area contributed by atoms with Gasteiger partial charge in [-0.15, -0.1) is 0 Å². The van der Waals surface area contributed by atoms with Crippen molar-refractivity contribution in [2.45, 2.75) is 6.04 Å². The summed E-state index contributed by atoms with van der Waals surface area (Å²) < 4.78 is 0. The molecule has 2 saturated heterocycles. The van der Waals surface area contributed by atoms with Crippen LogP contribution in [0.15, 0.2) is 30.9 Å². The molecule has 26 heavy (non-hydrogen) atoms. The fourth-order valence-electron chi connectivity index (χ4n) is 3.26. The van der Waals surface area contributed by atoms with Crippen LogP contribution in [0, 0.1) is 0 Å². The van der Waals surface area contributed by atoms with Gasteiger partial charge in [-0.05, 0) is 24.3 Å². The first kappa shape index (κ1) is 18.5. The van der Waals surface area contributed by atoms with E-state index in [-0.39, 0.29) is 24.1 Å². The average Bonchev–Trinajstić information content (AvgIpc) is 2.61. The quantitative estimate of drug-likeness (QED) is 0.590. The number of hydrogen-bond acceptors (Lipinski definition) is 5. The Bertz CT molecular complexity index is 698. The van der Waals surface area contributed by atoms with Crippen LogP contribution >= 0.6 is 11.6 Å². The third-order valence-corrected chi connectivity index (χ3v) is 5.16. The van der Waals surface area contributed by atoms with Crippen LogP contribution in [-0.2, 0) is 9.59 Å². The molecule has 0 atom stereocenters. The predicted octanol–water partition coefficient (Wildman–Crippen LogP) is 0.998. The van der Waals surface area contributed by atoms with Crippen LogP contribution in [-0.4, -0.2) is 83.5 Å². The second-order valence-corrected chi connectivity index (χ2v) is 6.97. The number of carbonyl (C=O) groups excluding carboxylic acids is 2. The number of piperazine rings is 1. The summed E-state index contributed by atoms with van der Waals surface area (Å²) in [7, 11) is 0. The zero-order chi connectivity index (χ0) is 18.7. The van der Waals surface area contributed by atoms with E-state index < -0.39 is 0 Å². The van der Waals surface area contributed by atoms with E-state index in [1.807, 2.05) is 4.90 Å². The zero-order valence-electron chi connectivity index (χ0n) is 14.5. The first-order valence-electron chi connectivity index (χ1n) is 8.63. The van der Waals surface area contributed by atoms with E-state index in [1.54, 1.807) is 17.0 Å². The molecule has 0 aromatic heterocycles. The minimum atomic E-state index is -0.0228. The van der Waals surface area contributed by atoms with E-state index in [9.17, 15) is 14.7 Å². The molecule has 140 valence electrons. The molecule has 0 unspecified atom stereocenters. The standard InChI is InChI=1S/C18H23ClN4O3/c1-2-17(25)23-11-14(12-23)21-5-7-22(8-6-21)18(26)10-20-15-9-13(19)3-4-16(15)24/h2-4,9,14,20,24H,1,5-8,10-12H2. The van der Waals surface area contributed by atoms with Crippen molar-refractivity contribution in [2.24, 2.45) is 0 Å². The van der Waals surface area contributed by atoms with Gasteiger partial charge in [0.25, 0.3) is 0 Å². The van der Waals surface area contributed by atoms with Gasteiger partial charge < -0.3 is 20.2 Å². The Morgan fingerprint density at radius 3 is 2.58 bits per heavy atom. The third-order valence-electron chi connectivity index (χ3n) is 4.92. The summed E-state index contributed by atoms with van der Waals surface area (Å²) in [6.45, 7) is 8.00. The highest BCUT2D eigenvalue weighted by molar-refractivity contribution is 6.30. The molecule has 2 heterocycles. The van der Waals surface area contributed by atoms with E-state index in [4.69, 9.17) is 11.6 Å². The number of phenols is 1. The van der Waals surface area contributed by atoms with Gasteiger partial charge in [-0.1, -0.05) is 18.2 Å². The highest BCUT2D eigenvalue weighted by Crippen LogP contribution is 2.26. The summed E-state index contributed by atoms with van der Waals surface area (Å²) in [6, 6.07) is 5.05. The molecule has 2 N–H and O–H groups in total. The summed E-state index contributed by atoms with van der Waals surface area (Å²) in [5.74, 6) is 0.0298. The fraction of sp³-hybridized carbons (Fsp3) is 0.444. The molecular weight excluding hydrogens is 356 g/mol. The van der Waals surface area contributed by atoms with Crippen LogP contribution < -0.4 is 5.32 Å². The van der Waals surface area contributed by atoms with Crippen molar-refractivity contribution in [2.75, 3.05) is 51.1 Å². The monoisotopic (exact) mass is 378 g/mol. The van der Waals surface area contributed by atoms with Gasteiger partial charge in [-0.2, -0.15) is 0 Å². The molecule has 0 radical (unpaired) electrons. The SMILES string of the molecule is C=CC(=O)N1CC(N2CCN(C(=O)CNc3cc(Cl)ccc3O)CC2)C1. The van der Waals surface area contributed by atoms with Crippen molar-refractivity contribution >= 4 is 29.1 Å². The second-order valence-electron chi connectivity index (χ2n) is 6.53. The number of carbonyl (C=O) groups is 2. The maximum Gasteiger partial charge on any atom is 0.246 e. The van der Waals surface area contributed by atoms with Gasteiger partial charge in [0.1, 0.15) is 5.75 Å². The zero-order valence-corrected chi connectivity index (χ0v) is 15.3. The molecule has 0 aliphatic carbocycles. The Hall–Kier alpha value is -2.25. The van der Waals surface area contributed by atoms with Crippen molar-refractivity contribution in [3.63, 3.8) is 0 Å². The molecule has 2 amide bonds. The normalized spacial score (nSPS) is 18.3. The second kappa shape index (κ2) is 7.97. The number of anilines is 1. The maximum absolute atomic E-state index is 12.4. The summed E-state index contributed by atoms with van der Waals surface area (Å²) in [5.41, 5.74) is 0.450. The smallest absolute Gasteiger partial charge is 0.246 e. The number of benzene rings is 1. The molecule has 1 aromatic carbocycles. The molecule has 8 heteroatoms. The minimum Gasteiger partial charge on any atom is -0.506 e. The van der Waals surface area contributed by atoms with E-state index in [0.29, 0.717) is 29.8 Å². The van der Waals surface area contributed by atoms with Crippen LogP contribution in [0.4, 0.5) is 5.69 Å². The Balaban J connectivity index is 1.42. The fourth-order valence-corrected chi connectivity index (χ4v) is 3.44. The molecule has 0 spiro atoms. The summed E-state index contributed by atoms with van der Waals surface area (Å²) >= 11 is 5.90. The van der Waals surface area contributed by atoms with Crippen molar-refractivity contribution in [3.8, 4) is 5.75 Å². The van der Waals surface area contributed by atoms with Crippen molar-refractivity contribution < 1.29 is 14.7 Å². The summed E-state index contributed by atoms with van der Waals surface area (Å²) in [4.78, 5) is 29.8. The Kier molecular flexibility index (Phi) is 5.68.